The molecule has 5 nitrogen and oxygen atoms in total. The summed E-state index contributed by atoms with van der Waals surface area (Å²) in [5.41, 5.74) is 1.53. The summed E-state index contributed by atoms with van der Waals surface area (Å²) in [5, 5.41) is 6.18. The van der Waals surface area contributed by atoms with Gasteiger partial charge in [-0.05, 0) is 57.0 Å². The van der Waals surface area contributed by atoms with Crippen molar-refractivity contribution in [1.29, 1.82) is 0 Å². The lowest BCUT2D eigenvalue weighted by Crippen LogP contribution is -2.40. The second kappa shape index (κ2) is 7.81. The quantitative estimate of drug-likeness (QED) is 0.855. The molecule has 0 aliphatic carbocycles. The fraction of sp³-hybridized carbons (Fsp3) is 0.368. The molecule has 0 radical (unpaired) electrons. The standard InChI is InChI=1S/C19H25N3O2/c1-19(2,3)22-18(23)15-7-10-17(21-13-15)20-12-11-14-5-8-16(24-4)9-6-14/h5-10,13H,11-12H2,1-4H3,(H,20,21)(H,22,23). The lowest BCUT2D eigenvalue weighted by Gasteiger charge is -2.20. The van der Waals surface area contributed by atoms with Crippen molar-refractivity contribution >= 4 is 11.7 Å². The fourth-order valence-electron chi connectivity index (χ4n) is 2.17. The van der Waals surface area contributed by atoms with Gasteiger partial charge >= 0.3 is 0 Å². The number of ether oxygens (including phenoxy) is 1. The normalized spacial score (nSPS) is 11.0. The molecule has 1 aromatic heterocycles. The van der Waals surface area contributed by atoms with E-state index >= 15 is 0 Å². The molecule has 0 atom stereocenters. The molecular weight excluding hydrogens is 302 g/mol. The van der Waals surface area contributed by atoms with Gasteiger partial charge in [-0.3, -0.25) is 4.79 Å². The lowest BCUT2D eigenvalue weighted by molar-refractivity contribution is 0.0919. The van der Waals surface area contributed by atoms with Crippen LogP contribution in [0.3, 0.4) is 0 Å². The topological polar surface area (TPSA) is 63.2 Å². The Bertz CT molecular complexity index is 659. The van der Waals surface area contributed by atoms with Crippen molar-refractivity contribution in [3.05, 3.63) is 53.7 Å². The van der Waals surface area contributed by atoms with Gasteiger partial charge in [-0.2, -0.15) is 0 Å². The second-order valence-electron chi connectivity index (χ2n) is 6.66. The SMILES string of the molecule is COc1ccc(CCNc2ccc(C(=O)NC(C)(C)C)cn2)cc1. The second-order valence-corrected chi connectivity index (χ2v) is 6.66. The van der Waals surface area contributed by atoms with Crippen molar-refractivity contribution in [2.45, 2.75) is 32.7 Å². The van der Waals surface area contributed by atoms with Crippen molar-refractivity contribution in [3.63, 3.8) is 0 Å². The molecule has 0 aliphatic heterocycles. The zero-order chi connectivity index (χ0) is 17.6. The van der Waals surface area contributed by atoms with Gasteiger partial charge in [-0.25, -0.2) is 4.98 Å². The van der Waals surface area contributed by atoms with Gasteiger partial charge in [0.2, 0.25) is 0 Å². The first-order valence-electron chi connectivity index (χ1n) is 8.03. The van der Waals surface area contributed by atoms with Crippen LogP contribution in [0.4, 0.5) is 5.82 Å². The highest BCUT2D eigenvalue weighted by atomic mass is 16.5. The van der Waals surface area contributed by atoms with E-state index in [1.807, 2.05) is 51.1 Å². The molecule has 24 heavy (non-hydrogen) atoms. The number of nitrogens with one attached hydrogen (secondary N) is 2. The summed E-state index contributed by atoms with van der Waals surface area (Å²) in [6, 6.07) is 11.6. The molecule has 128 valence electrons. The van der Waals surface area contributed by atoms with E-state index in [-0.39, 0.29) is 11.4 Å². The van der Waals surface area contributed by atoms with Crippen molar-refractivity contribution < 1.29 is 9.53 Å². The summed E-state index contributed by atoms with van der Waals surface area (Å²) in [6.45, 7) is 6.63. The van der Waals surface area contributed by atoms with Gasteiger partial charge < -0.3 is 15.4 Å². The largest absolute Gasteiger partial charge is 0.497 e. The van der Waals surface area contributed by atoms with Gasteiger partial charge in [0, 0.05) is 18.3 Å². The van der Waals surface area contributed by atoms with Crippen LogP contribution in [0.15, 0.2) is 42.6 Å². The Labute approximate surface area is 143 Å². The fourth-order valence-corrected chi connectivity index (χ4v) is 2.17. The minimum Gasteiger partial charge on any atom is -0.497 e. The highest BCUT2D eigenvalue weighted by molar-refractivity contribution is 5.94. The van der Waals surface area contributed by atoms with Crippen LogP contribution in [-0.4, -0.2) is 30.1 Å². The summed E-state index contributed by atoms with van der Waals surface area (Å²) in [5.74, 6) is 1.51. The average Bonchev–Trinajstić information content (AvgIpc) is 2.54. The Kier molecular flexibility index (Phi) is 5.79. The first kappa shape index (κ1) is 17.8. The number of aromatic nitrogens is 1. The number of pyridine rings is 1. The van der Waals surface area contributed by atoms with Crippen LogP contribution >= 0.6 is 0 Å². The maximum absolute atomic E-state index is 12.0. The van der Waals surface area contributed by atoms with E-state index in [4.69, 9.17) is 4.74 Å². The Balaban J connectivity index is 1.84. The number of anilines is 1. The Hall–Kier alpha value is -2.56. The molecule has 0 aliphatic rings. The summed E-state index contributed by atoms with van der Waals surface area (Å²) in [7, 11) is 1.66. The van der Waals surface area contributed by atoms with Gasteiger partial charge in [-0.1, -0.05) is 12.1 Å². The van der Waals surface area contributed by atoms with Crippen LogP contribution in [0.25, 0.3) is 0 Å². The molecule has 0 unspecified atom stereocenters. The zero-order valence-corrected chi connectivity index (χ0v) is 14.7. The molecule has 1 amide bonds. The number of methoxy groups -OCH3 is 1. The molecule has 0 fully saturated rings. The van der Waals surface area contributed by atoms with E-state index in [0.29, 0.717) is 5.56 Å². The van der Waals surface area contributed by atoms with Crippen LogP contribution < -0.4 is 15.4 Å². The zero-order valence-electron chi connectivity index (χ0n) is 14.7. The molecule has 2 rings (SSSR count). The number of nitrogens with zero attached hydrogens (tertiary/aromatic N) is 1. The molecule has 0 saturated heterocycles. The van der Waals surface area contributed by atoms with E-state index in [0.717, 1.165) is 24.5 Å². The highest BCUT2D eigenvalue weighted by Crippen LogP contribution is 2.12. The summed E-state index contributed by atoms with van der Waals surface area (Å²) in [6.07, 6.45) is 2.48. The molecule has 0 saturated carbocycles. The van der Waals surface area contributed by atoms with Crippen LogP contribution in [0.5, 0.6) is 5.75 Å². The molecule has 0 bridgehead atoms. The monoisotopic (exact) mass is 327 g/mol. The third-order valence-electron chi connectivity index (χ3n) is 3.39. The molecule has 1 aromatic carbocycles. The van der Waals surface area contributed by atoms with Crippen molar-refractivity contribution in [3.8, 4) is 5.75 Å². The molecule has 2 aromatic rings. The number of hydrogen-bond donors (Lipinski definition) is 2. The Morgan fingerprint density at radius 3 is 2.38 bits per heavy atom. The van der Waals surface area contributed by atoms with Crippen LogP contribution in [0.1, 0.15) is 36.7 Å². The minimum atomic E-state index is -0.258. The molecular formula is C19H25N3O2. The van der Waals surface area contributed by atoms with Crippen molar-refractivity contribution in [2.75, 3.05) is 19.0 Å². The summed E-state index contributed by atoms with van der Waals surface area (Å²) in [4.78, 5) is 16.3. The third kappa shape index (κ3) is 5.57. The van der Waals surface area contributed by atoms with Crippen molar-refractivity contribution in [2.24, 2.45) is 0 Å². The maximum Gasteiger partial charge on any atom is 0.253 e. The highest BCUT2D eigenvalue weighted by Gasteiger charge is 2.15. The molecule has 1 heterocycles. The van der Waals surface area contributed by atoms with Gasteiger partial charge in [0.15, 0.2) is 0 Å². The lowest BCUT2D eigenvalue weighted by atomic mass is 10.1. The number of carbonyl (C=O) groups excluding carboxylic acids is 1. The average molecular weight is 327 g/mol. The van der Waals surface area contributed by atoms with Gasteiger partial charge in [0.1, 0.15) is 11.6 Å². The maximum atomic E-state index is 12.0. The van der Waals surface area contributed by atoms with E-state index in [1.165, 1.54) is 5.56 Å². The minimum absolute atomic E-state index is 0.111. The number of carbonyl (C=O) groups is 1. The van der Waals surface area contributed by atoms with Gasteiger partial charge in [0.05, 0.1) is 12.7 Å². The first-order valence-corrected chi connectivity index (χ1v) is 8.03. The predicted molar refractivity (Wildman–Crippen MR) is 96.6 cm³/mol. The van der Waals surface area contributed by atoms with E-state index in [1.54, 1.807) is 19.4 Å². The first-order chi connectivity index (χ1) is 11.4. The summed E-state index contributed by atoms with van der Waals surface area (Å²) >= 11 is 0. The number of benzene rings is 1. The van der Waals surface area contributed by atoms with Crippen LogP contribution in [-0.2, 0) is 6.42 Å². The molecule has 2 N–H and O–H groups in total. The van der Waals surface area contributed by atoms with Gasteiger partial charge in [-0.15, -0.1) is 0 Å². The number of hydrogen-bond acceptors (Lipinski definition) is 4. The smallest absolute Gasteiger partial charge is 0.253 e. The van der Waals surface area contributed by atoms with Gasteiger partial charge in [0.25, 0.3) is 5.91 Å². The summed E-state index contributed by atoms with van der Waals surface area (Å²) < 4.78 is 5.15. The Morgan fingerprint density at radius 2 is 1.83 bits per heavy atom. The third-order valence-corrected chi connectivity index (χ3v) is 3.39. The number of rotatable bonds is 6. The molecule has 0 spiro atoms. The van der Waals surface area contributed by atoms with E-state index in [9.17, 15) is 4.79 Å². The van der Waals surface area contributed by atoms with E-state index in [2.05, 4.69) is 15.6 Å². The number of amides is 1. The Morgan fingerprint density at radius 1 is 1.12 bits per heavy atom. The van der Waals surface area contributed by atoms with Crippen LogP contribution in [0.2, 0.25) is 0 Å². The predicted octanol–water partition coefficient (Wildman–Crippen LogP) is 3.27. The van der Waals surface area contributed by atoms with E-state index < -0.39 is 0 Å². The molecule has 5 heteroatoms. The van der Waals surface area contributed by atoms with Crippen LogP contribution in [0, 0.1) is 0 Å². The van der Waals surface area contributed by atoms with Crippen molar-refractivity contribution in [1.82, 2.24) is 10.3 Å².